The first-order valence-corrected chi connectivity index (χ1v) is 11.6. The molecule has 1 aliphatic rings. The van der Waals surface area contributed by atoms with Gasteiger partial charge in [-0.2, -0.15) is 0 Å². The maximum absolute atomic E-state index is 12.6. The quantitative estimate of drug-likeness (QED) is 0.605. The Morgan fingerprint density at radius 2 is 1.63 bits per heavy atom. The molecule has 1 heterocycles. The molecule has 162 valence electrons. The number of hydrogen-bond acceptors (Lipinski definition) is 2. The lowest BCUT2D eigenvalue weighted by atomic mass is 9.90. The van der Waals surface area contributed by atoms with Crippen molar-refractivity contribution in [2.24, 2.45) is 5.92 Å². The maximum atomic E-state index is 12.6. The molecule has 0 saturated carbocycles. The Kier molecular flexibility index (Phi) is 9.23. The third-order valence-electron chi connectivity index (χ3n) is 6.01. The molecule has 4 heteroatoms. The van der Waals surface area contributed by atoms with Crippen molar-refractivity contribution in [1.29, 1.82) is 0 Å². The molecule has 0 spiro atoms. The Morgan fingerprint density at radius 3 is 2.27 bits per heavy atom. The van der Waals surface area contributed by atoms with Crippen molar-refractivity contribution in [2.75, 3.05) is 32.7 Å². The summed E-state index contributed by atoms with van der Waals surface area (Å²) in [5.41, 5.74) is 2.65. The van der Waals surface area contributed by atoms with Crippen LogP contribution in [0.4, 0.5) is 4.79 Å². The van der Waals surface area contributed by atoms with E-state index in [4.69, 9.17) is 0 Å². The Hall–Kier alpha value is -2.33. The highest BCUT2D eigenvalue weighted by atomic mass is 16.2. The molecule has 0 radical (unpaired) electrons. The van der Waals surface area contributed by atoms with Crippen LogP contribution in [0, 0.1) is 5.92 Å². The third kappa shape index (κ3) is 7.49. The molecule has 2 amide bonds. The van der Waals surface area contributed by atoms with Gasteiger partial charge in [0.1, 0.15) is 0 Å². The van der Waals surface area contributed by atoms with Gasteiger partial charge in [-0.05, 0) is 68.8 Å². The monoisotopic (exact) mass is 407 g/mol. The van der Waals surface area contributed by atoms with Crippen LogP contribution in [0.1, 0.15) is 43.7 Å². The zero-order valence-corrected chi connectivity index (χ0v) is 18.4. The third-order valence-corrected chi connectivity index (χ3v) is 6.01. The van der Waals surface area contributed by atoms with Crippen LogP contribution < -0.4 is 5.32 Å². The number of likely N-dealkylation sites (tertiary alicyclic amines) is 1. The largest absolute Gasteiger partial charge is 0.338 e. The summed E-state index contributed by atoms with van der Waals surface area (Å²) in [4.78, 5) is 17.1. The SMILES string of the molecule is CCCNC(=O)N(CCCN1CCC(Cc2ccccc2)CC1)Cc1ccccc1. The van der Waals surface area contributed by atoms with Crippen molar-refractivity contribution in [3.8, 4) is 0 Å². The number of nitrogens with zero attached hydrogens (tertiary/aromatic N) is 2. The van der Waals surface area contributed by atoms with Crippen molar-refractivity contribution in [3.63, 3.8) is 0 Å². The highest BCUT2D eigenvalue weighted by Crippen LogP contribution is 2.21. The summed E-state index contributed by atoms with van der Waals surface area (Å²) in [6, 6.07) is 21.2. The number of hydrogen-bond donors (Lipinski definition) is 1. The van der Waals surface area contributed by atoms with E-state index in [1.165, 1.54) is 43.5 Å². The van der Waals surface area contributed by atoms with E-state index in [2.05, 4.69) is 59.6 Å². The van der Waals surface area contributed by atoms with Crippen LogP contribution >= 0.6 is 0 Å². The summed E-state index contributed by atoms with van der Waals surface area (Å²) < 4.78 is 0. The molecule has 0 aromatic heterocycles. The normalized spacial score (nSPS) is 15.1. The number of benzene rings is 2. The van der Waals surface area contributed by atoms with Crippen LogP contribution in [0.2, 0.25) is 0 Å². The average molecular weight is 408 g/mol. The zero-order valence-electron chi connectivity index (χ0n) is 18.4. The lowest BCUT2D eigenvalue weighted by Crippen LogP contribution is -2.42. The van der Waals surface area contributed by atoms with Gasteiger partial charge in [-0.3, -0.25) is 0 Å². The van der Waals surface area contributed by atoms with Gasteiger partial charge >= 0.3 is 6.03 Å². The van der Waals surface area contributed by atoms with E-state index < -0.39 is 0 Å². The van der Waals surface area contributed by atoms with Crippen molar-refractivity contribution in [1.82, 2.24) is 15.1 Å². The molecular weight excluding hydrogens is 370 g/mol. The van der Waals surface area contributed by atoms with Gasteiger partial charge in [0.05, 0.1) is 0 Å². The molecule has 2 aromatic carbocycles. The van der Waals surface area contributed by atoms with E-state index in [1.807, 2.05) is 23.1 Å². The summed E-state index contributed by atoms with van der Waals surface area (Å²) in [5, 5.41) is 3.04. The summed E-state index contributed by atoms with van der Waals surface area (Å²) in [6.07, 6.45) is 5.74. The number of nitrogens with one attached hydrogen (secondary N) is 1. The fraction of sp³-hybridized carbons (Fsp3) is 0.500. The maximum Gasteiger partial charge on any atom is 0.317 e. The minimum Gasteiger partial charge on any atom is -0.338 e. The van der Waals surface area contributed by atoms with Crippen molar-refractivity contribution in [3.05, 3.63) is 71.8 Å². The lowest BCUT2D eigenvalue weighted by Gasteiger charge is -2.32. The van der Waals surface area contributed by atoms with Crippen LogP contribution in [-0.4, -0.2) is 48.6 Å². The van der Waals surface area contributed by atoms with E-state index in [-0.39, 0.29) is 6.03 Å². The molecule has 0 bridgehead atoms. The van der Waals surface area contributed by atoms with Crippen LogP contribution in [-0.2, 0) is 13.0 Å². The minimum absolute atomic E-state index is 0.0577. The molecule has 0 atom stereocenters. The molecule has 0 aliphatic carbocycles. The molecule has 0 unspecified atom stereocenters. The molecule has 1 saturated heterocycles. The van der Waals surface area contributed by atoms with Crippen LogP contribution in [0.5, 0.6) is 0 Å². The molecule has 4 nitrogen and oxygen atoms in total. The van der Waals surface area contributed by atoms with Gasteiger partial charge in [0.2, 0.25) is 0 Å². The zero-order chi connectivity index (χ0) is 21.0. The van der Waals surface area contributed by atoms with Gasteiger partial charge < -0.3 is 15.1 Å². The highest BCUT2D eigenvalue weighted by Gasteiger charge is 2.20. The predicted octanol–water partition coefficient (Wildman–Crippen LogP) is 4.95. The van der Waals surface area contributed by atoms with Crippen molar-refractivity contribution < 1.29 is 4.79 Å². The standard InChI is InChI=1S/C26H37N3O/c1-2-16-27-26(30)29(22-25-12-7-4-8-13-25)18-9-17-28-19-14-24(15-20-28)21-23-10-5-3-6-11-23/h3-8,10-13,24H,2,9,14-22H2,1H3,(H,27,30). The molecule has 3 rings (SSSR count). The highest BCUT2D eigenvalue weighted by molar-refractivity contribution is 5.74. The van der Waals surface area contributed by atoms with Crippen molar-refractivity contribution >= 4 is 6.03 Å². The number of rotatable bonds is 10. The van der Waals surface area contributed by atoms with E-state index in [0.29, 0.717) is 6.54 Å². The number of piperidine rings is 1. The van der Waals surface area contributed by atoms with Gasteiger partial charge in [-0.15, -0.1) is 0 Å². The van der Waals surface area contributed by atoms with E-state index in [0.717, 1.165) is 38.4 Å². The van der Waals surface area contributed by atoms with Crippen LogP contribution in [0.15, 0.2) is 60.7 Å². The summed E-state index contributed by atoms with van der Waals surface area (Å²) in [6.45, 7) is 7.73. The Balaban J connectivity index is 1.41. The molecule has 1 N–H and O–H groups in total. The van der Waals surface area contributed by atoms with Crippen LogP contribution in [0.3, 0.4) is 0 Å². The molecule has 2 aromatic rings. The second-order valence-electron chi connectivity index (χ2n) is 8.47. The second kappa shape index (κ2) is 12.4. The van der Waals surface area contributed by atoms with E-state index in [1.54, 1.807) is 0 Å². The first-order valence-electron chi connectivity index (χ1n) is 11.6. The van der Waals surface area contributed by atoms with Gasteiger partial charge in [-0.25, -0.2) is 4.79 Å². The van der Waals surface area contributed by atoms with Gasteiger partial charge in [0.15, 0.2) is 0 Å². The van der Waals surface area contributed by atoms with Crippen LogP contribution in [0.25, 0.3) is 0 Å². The summed E-state index contributed by atoms with van der Waals surface area (Å²) >= 11 is 0. The fourth-order valence-electron chi connectivity index (χ4n) is 4.25. The van der Waals surface area contributed by atoms with E-state index in [9.17, 15) is 4.79 Å². The average Bonchev–Trinajstić information content (AvgIpc) is 2.79. The number of amides is 2. The molecule has 30 heavy (non-hydrogen) atoms. The minimum atomic E-state index is 0.0577. The summed E-state index contributed by atoms with van der Waals surface area (Å²) in [7, 11) is 0. The Labute approximate surface area is 182 Å². The lowest BCUT2D eigenvalue weighted by molar-refractivity contribution is 0.167. The smallest absolute Gasteiger partial charge is 0.317 e. The van der Waals surface area contributed by atoms with Gasteiger partial charge in [-0.1, -0.05) is 67.6 Å². The number of urea groups is 1. The van der Waals surface area contributed by atoms with Crippen molar-refractivity contribution in [2.45, 2.75) is 45.6 Å². The number of carbonyl (C=O) groups excluding carboxylic acids is 1. The first-order chi connectivity index (χ1) is 14.7. The second-order valence-corrected chi connectivity index (χ2v) is 8.47. The predicted molar refractivity (Wildman–Crippen MR) is 124 cm³/mol. The topological polar surface area (TPSA) is 35.6 Å². The van der Waals surface area contributed by atoms with Gasteiger partial charge in [0, 0.05) is 19.6 Å². The Bertz CT molecular complexity index is 726. The molecule has 1 aliphatic heterocycles. The number of carbonyl (C=O) groups is 1. The first kappa shape index (κ1) is 22.4. The molecule has 1 fully saturated rings. The fourth-order valence-corrected chi connectivity index (χ4v) is 4.25. The summed E-state index contributed by atoms with van der Waals surface area (Å²) in [5.74, 6) is 0.804. The van der Waals surface area contributed by atoms with E-state index >= 15 is 0 Å². The molecular formula is C26H37N3O. The Morgan fingerprint density at radius 1 is 1.00 bits per heavy atom. The van der Waals surface area contributed by atoms with Gasteiger partial charge in [0.25, 0.3) is 0 Å².